The topological polar surface area (TPSA) is 285 Å². The summed E-state index contributed by atoms with van der Waals surface area (Å²) in [5.74, 6) is 0. The zero-order valence-electron chi connectivity index (χ0n) is 8.20. The Morgan fingerprint density at radius 2 is 1.33 bits per heavy atom. The molecule has 18 heteroatoms. The van der Waals surface area contributed by atoms with Crippen molar-refractivity contribution in [2.75, 3.05) is 0 Å². The maximum atomic E-state index is 9.33. The normalized spacial score (nSPS) is 7.50. The van der Waals surface area contributed by atoms with Gasteiger partial charge in [0.15, 0.2) is 0 Å². The second-order valence-electron chi connectivity index (χ2n) is 1.20. The van der Waals surface area contributed by atoms with E-state index in [-0.39, 0.29) is 26.6 Å². The van der Waals surface area contributed by atoms with E-state index in [9.17, 15) is 4.57 Å². The van der Waals surface area contributed by atoms with Gasteiger partial charge in [-0.15, -0.1) is 0 Å². The van der Waals surface area contributed by atoms with Gasteiger partial charge in [0, 0.05) is 7.53 Å². The molecule has 10 N–H and O–H groups in total. The van der Waals surface area contributed by atoms with Crippen LogP contribution >= 0.6 is 15.7 Å². The minimum absolute atomic E-state index is 0. The van der Waals surface area contributed by atoms with Gasteiger partial charge in [-0.3, -0.25) is 0 Å². The molecule has 1 unspecified atom stereocenters. The molecule has 114 valence electrons. The van der Waals surface area contributed by atoms with Crippen molar-refractivity contribution in [2.24, 2.45) is 0 Å². The van der Waals surface area contributed by atoms with E-state index < -0.39 is 22.6 Å². The van der Waals surface area contributed by atoms with Crippen LogP contribution in [-0.4, -0.2) is 51.0 Å². The molecule has 0 radical (unpaired) electrons. The van der Waals surface area contributed by atoms with Crippen LogP contribution in [0.25, 0.3) is 0 Å². The Hall–Kier alpha value is -0.500. The zero-order valence-corrected chi connectivity index (χ0v) is 9.98. The fourth-order valence-corrected chi connectivity index (χ4v) is 0. The molecule has 0 bridgehead atoms. The molecule has 0 aromatic rings. The molecule has 0 spiro atoms. The third kappa shape index (κ3) is 108. The summed E-state index contributed by atoms with van der Waals surface area (Å²) in [5.41, 5.74) is 0. The van der Waals surface area contributed by atoms with Gasteiger partial charge in [-0.1, -0.05) is 0 Å². The van der Waals surface area contributed by atoms with Gasteiger partial charge in [0.05, 0.1) is 0 Å². The van der Waals surface area contributed by atoms with Crippen molar-refractivity contribution in [2.45, 2.75) is 0 Å². The van der Waals surface area contributed by atoms with Gasteiger partial charge in [-0.05, 0) is 4.57 Å². The molecule has 0 fully saturated rings. The van der Waals surface area contributed by atoms with Gasteiger partial charge in [-0.2, -0.15) is 0 Å². The zero-order chi connectivity index (χ0) is 12.9. The molecule has 0 saturated heterocycles. The van der Waals surface area contributed by atoms with Crippen molar-refractivity contribution < 1.29 is 72.5 Å². The van der Waals surface area contributed by atoms with Crippen molar-refractivity contribution in [1.29, 1.82) is 0 Å². The third-order valence-electron chi connectivity index (χ3n) is 0.247. The largest absolute Gasteiger partial charge is 0.565 e. The first kappa shape index (κ1) is 36.0. The van der Waals surface area contributed by atoms with E-state index in [2.05, 4.69) is 9.48 Å². The average Bonchev–Trinajstić information content (AvgIpc) is 2.18. The Balaban J connectivity index is -0.0000000162. The molecular weight excluding hydrogens is 308 g/mol. The molecule has 0 aromatic carbocycles. The summed E-state index contributed by atoms with van der Waals surface area (Å²) in [6.45, 7) is -0.396. The summed E-state index contributed by atoms with van der Waals surface area (Å²) in [6.07, 6.45) is 0. The predicted octanol–water partition coefficient (Wildman–Crippen LogP) is -3.92. The van der Waals surface area contributed by atoms with Crippen LogP contribution < -0.4 is 4.89 Å². The fourth-order valence-electron chi connectivity index (χ4n) is 0. The third-order valence-corrected chi connectivity index (χ3v) is 0.655. The Morgan fingerprint density at radius 1 is 1.17 bits per heavy atom. The molecule has 0 aliphatic heterocycles. The van der Waals surface area contributed by atoms with E-state index in [1.807, 2.05) is 0 Å². The summed E-state index contributed by atoms with van der Waals surface area (Å²) >= 11 is 0. The first-order valence-electron chi connectivity index (χ1n) is 2.46. The smallest absolute Gasteiger partial charge is 0.521 e. The summed E-state index contributed by atoms with van der Waals surface area (Å²) < 4.78 is 38.7. The Morgan fingerprint density at radius 3 is 1.33 bits per heavy atom. The minimum atomic E-state index is -4.33. The van der Waals surface area contributed by atoms with E-state index in [1.165, 1.54) is 0 Å². The van der Waals surface area contributed by atoms with E-state index in [0.717, 1.165) is 0 Å². The van der Waals surface area contributed by atoms with Crippen LogP contribution in [0.15, 0.2) is 0 Å². The minimum Gasteiger partial charge on any atom is -0.565 e. The summed E-state index contributed by atoms with van der Waals surface area (Å²) in [6, 6.07) is 0. The average molecular weight is 322 g/mol. The Labute approximate surface area is 104 Å². The predicted molar refractivity (Wildman–Crippen MR) is 55.0 cm³/mol. The molecule has 0 rings (SSSR count). The molecule has 18 heavy (non-hydrogen) atoms. The van der Waals surface area contributed by atoms with E-state index >= 15 is 0 Å². The standard InChI is InChI=1S/BH2O4P.BHO3.HO4P.3H2O.2H2/c2-1-6(3,4)5;2-1-4-3;1-4-5(2)3;;;;;/h(H2,3,4,5);3H;1H;3*1H2;2*1H. The molecule has 0 heterocycles. The van der Waals surface area contributed by atoms with Crippen LogP contribution in [0.2, 0.25) is 0 Å². The van der Waals surface area contributed by atoms with Crippen LogP contribution in [0, 0.1) is 0 Å². The number of rotatable bonds is 3. The number of hydrogen-bond donors (Lipinski definition) is 4. The molecule has 0 amide bonds. The maximum Gasteiger partial charge on any atom is 0.521 e. The monoisotopic (exact) mass is 322 g/mol. The van der Waals surface area contributed by atoms with Gasteiger partial charge in [0.25, 0.3) is 0 Å². The first-order valence-corrected chi connectivity index (χ1v) is 5.24. The maximum absolute atomic E-state index is 9.33. The molecule has 0 saturated carbocycles. The Bertz CT molecular complexity index is 227. The molecule has 1 atom stereocenters. The number of hydrogen-bond acceptors (Lipinski definition) is 9. The fraction of sp³-hybridized carbons (Fsp3) is 0. The van der Waals surface area contributed by atoms with Gasteiger partial charge in [-0.25, -0.2) is 5.26 Å². The van der Waals surface area contributed by atoms with Crippen molar-refractivity contribution in [3.8, 4) is 0 Å². The van der Waals surface area contributed by atoms with Crippen LogP contribution in [-0.2, 0) is 28.0 Å². The van der Waals surface area contributed by atoms with Crippen LogP contribution in [0.5, 0.6) is 0 Å². The van der Waals surface area contributed by atoms with Crippen molar-refractivity contribution in [1.82, 2.24) is 0 Å². The molecule has 14 nitrogen and oxygen atoms in total. The van der Waals surface area contributed by atoms with Crippen molar-refractivity contribution in [3.05, 3.63) is 0 Å². The van der Waals surface area contributed by atoms with E-state index in [4.69, 9.17) is 39.2 Å². The van der Waals surface area contributed by atoms with Gasteiger partial charge in [0.2, 0.25) is 0 Å². The van der Waals surface area contributed by atoms with Gasteiger partial charge < -0.3 is 21.3 Å². The molecule has 0 aliphatic carbocycles. The van der Waals surface area contributed by atoms with Crippen LogP contribution in [0.1, 0.15) is 2.85 Å². The summed E-state index contributed by atoms with van der Waals surface area (Å²) in [7, 11) is -7.44. The van der Waals surface area contributed by atoms with E-state index in [0.29, 0.717) is 0 Å². The quantitative estimate of drug-likeness (QED) is 0.168. The second-order valence-corrected chi connectivity index (χ2v) is 3.20. The molecular formula is H14B2O14P2. The summed E-state index contributed by atoms with van der Waals surface area (Å²) in [4.78, 5) is 26.9. The van der Waals surface area contributed by atoms with Crippen molar-refractivity contribution >= 4 is 30.0 Å². The first-order chi connectivity index (χ1) is 6.74. The van der Waals surface area contributed by atoms with Crippen LogP contribution in [0.3, 0.4) is 0 Å². The van der Waals surface area contributed by atoms with Gasteiger partial charge in [0.1, 0.15) is 0 Å². The summed E-state index contributed by atoms with van der Waals surface area (Å²) in [5, 5.41) is 14.1. The Kier molecular flexibility index (Phi) is 50.8. The SMILES string of the molecule is O.O.O.O=BOO.O=BP(=O)(O)O.O=[P+]([O-])OO.[HH].[HH]. The van der Waals surface area contributed by atoms with Gasteiger partial charge >= 0.3 is 63.8 Å². The second kappa shape index (κ2) is 25.4. The molecule has 0 aromatic heterocycles. The van der Waals surface area contributed by atoms with Crippen molar-refractivity contribution in [3.63, 3.8) is 0 Å². The van der Waals surface area contributed by atoms with Crippen LogP contribution in [0.4, 0.5) is 0 Å². The van der Waals surface area contributed by atoms with E-state index in [1.54, 1.807) is 0 Å². The molecule has 0 aliphatic rings.